The van der Waals surface area contributed by atoms with Crippen molar-refractivity contribution >= 4 is 0 Å². The first kappa shape index (κ1) is 24.9. The minimum absolute atomic E-state index is 0.0467. The quantitative estimate of drug-likeness (QED) is 0.331. The molecule has 0 saturated carbocycles. The maximum Gasteiger partial charge on any atom is 0.119 e. The van der Waals surface area contributed by atoms with Gasteiger partial charge >= 0.3 is 0 Å². The van der Waals surface area contributed by atoms with Crippen LogP contribution in [0, 0.1) is 0 Å². The van der Waals surface area contributed by atoms with Crippen molar-refractivity contribution in [1.82, 2.24) is 0 Å². The molecule has 0 saturated heterocycles. The number of unbranched alkanes of at least 4 members (excludes halogenated alkanes) is 6. The molecule has 1 aromatic carbocycles. The summed E-state index contributed by atoms with van der Waals surface area (Å²) < 4.78 is 21.6. The molecule has 0 aliphatic heterocycles. The summed E-state index contributed by atoms with van der Waals surface area (Å²) in [5, 5.41) is 8.56. The maximum absolute atomic E-state index is 8.56. The van der Waals surface area contributed by atoms with Crippen LogP contribution in [-0.2, 0) is 20.6 Å². The number of aryl methyl sites for hydroxylation is 1. The van der Waals surface area contributed by atoms with Crippen LogP contribution in [0.25, 0.3) is 0 Å². The Bertz CT molecular complexity index is 435. The van der Waals surface area contributed by atoms with Crippen LogP contribution in [0.1, 0.15) is 57.4 Å². The highest BCUT2D eigenvalue weighted by atomic mass is 16.6. The molecule has 0 atom stereocenters. The molecule has 28 heavy (non-hydrogen) atoms. The van der Waals surface area contributed by atoms with Crippen LogP contribution >= 0.6 is 0 Å². The van der Waals surface area contributed by atoms with Gasteiger partial charge in [0.05, 0.1) is 46.2 Å². The van der Waals surface area contributed by atoms with Crippen LogP contribution in [0.5, 0.6) is 5.75 Å². The monoisotopic (exact) mass is 396 g/mol. The van der Waals surface area contributed by atoms with Crippen LogP contribution in [0.4, 0.5) is 0 Å². The van der Waals surface area contributed by atoms with Gasteiger partial charge in [-0.1, -0.05) is 57.6 Å². The summed E-state index contributed by atoms with van der Waals surface area (Å²) in [6.07, 6.45) is 10.6. The molecule has 0 bridgehead atoms. The van der Waals surface area contributed by atoms with E-state index in [1.165, 1.54) is 50.5 Å². The van der Waals surface area contributed by atoms with Gasteiger partial charge in [0.15, 0.2) is 0 Å². The summed E-state index contributed by atoms with van der Waals surface area (Å²) in [6, 6.07) is 8.43. The molecule has 0 fully saturated rings. The van der Waals surface area contributed by atoms with Crippen LogP contribution in [0.15, 0.2) is 24.3 Å². The molecule has 162 valence electrons. The Hall–Kier alpha value is -1.14. The van der Waals surface area contributed by atoms with Gasteiger partial charge in [0.1, 0.15) is 12.4 Å². The average molecular weight is 397 g/mol. The summed E-state index contributed by atoms with van der Waals surface area (Å²) >= 11 is 0. The molecule has 5 nitrogen and oxygen atoms in total. The van der Waals surface area contributed by atoms with E-state index in [1.807, 2.05) is 12.1 Å². The number of hydrogen-bond donors (Lipinski definition) is 1. The highest BCUT2D eigenvalue weighted by Gasteiger charge is 1.98. The van der Waals surface area contributed by atoms with Crippen molar-refractivity contribution in [3.63, 3.8) is 0 Å². The van der Waals surface area contributed by atoms with Gasteiger partial charge in [-0.15, -0.1) is 0 Å². The number of hydrogen-bond acceptors (Lipinski definition) is 5. The maximum atomic E-state index is 8.56. The largest absolute Gasteiger partial charge is 0.491 e. The number of rotatable bonds is 20. The standard InChI is InChI=1S/C23H40O5/c1-2-3-4-5-6-7-8-9-22-10-12-23(13-11-22)28-21-20-27-19-18-26-17-16-25-15-14-24/h10-13,24H,2-9,14-21H2,1H3. The average Bonchev–Trinajstić information content (AvgIpc) is 2.72. The van der Waals surface area contributed by atoms with Gasteiger partial charge in [0.2, 0.25) is 0 Å². The van der Waals surface area contributed by atoms with Crippen molar-refractivity contribution < 1.29 is 24.1 Å². The zero-order valence-electron chi connectivity index (χ0n) is 17.7. The lowest BCUT2D eigenvalue weighted by Gasteiger charge is -2.09. The first-order valence-corrected chi connectivity index (χ1v) is 10.9. The Balaban J connectivity index is 1.93. The predicted molar refractivity (Wildman–Crippen MR) is 113 cm³/mol. The SMILES string of the molecule is CCCCCCCCCc1ccc(OCCOCCOCCOCCO)cc1. The summed E-state index contributed by atoms with van der Waals surface area (Å²) in [5.74, 6) is 0.893. The molecule has 0 aromatic heterocycles. The number of aliphatic hydroxyl groups excluding tert-OH is 1. The third kappa shape index (κ3) is 14.9. The molecule has 0 heterocycles. The van der Waals surface area contributed by atoms with Gasteiger partial charge in [-0.05, 0) is 30.5 Å². The molecule has 0 spiro atoms. The van der Waals surface area contributed by atoms with Gasteiger partial charge in [-0.2, -0.15) is 0 Å². The van der Waals surface area contributed by atoms with Gasteiger partial charge in [-0.3, -0.25) is 0 Å². The second kappa shape index (κ2) is 19.2. The van der Waals surface area contributed by atoms with E-state index >= 15 is 0 Å². The lowest BCUT2D eigenvalue weighted by molar-refractivity contribution is 0.00361. The van der Waals surface area contributed by atoms with Gasteiger partial charge in [0.25, 0.3) is 0 Å². The van der Waals surface area contributed by atoms with E-state index in [1.54, 1.807) is 0 Å². The molecular formula is C23H40O5. The molecule has 5 heteroatoms. The highest BCUT2D eigenvalue weighted by Crippen LogP contribution is 2.15. The van der Waals surface area contributed by atoms with Gasteiger partial charge < -0.3 is 24.1 Å². The topological polar surface area (TPSA) is 57.2 Å². The van der Waals surface area contributed by atoms with Gasteiger partial charge in [0, 0.05) is 0 Å². The van der Waals surface area contributed by atoms with E-state index < -0.39 is 0 Å². The molecule has 0 unspecified atom stereocenters. The summed E-state index contributed by atoms with van der Waals surface area (Å²) in [6.45, 7) is 5.85. The minimum atomic E-state index is 0.0467. The number of aliphatic hydroxyl groups is 1. The molecule has 0 aliphatic rings. The Labute approximate surface area is 171 Å². The normalized spacial score (nSPS) is 11.1. The van der Waals surface area contributed by atoms with E-state index in [4.69, 9.17) is 24.1 Å². The fourth-order valence-corrected chi connectivity index (χ4v) is 2.86. The van der Waals surface area contributed by atoms with Crippen molar-refractivity contribution in [2.75, 3.05) is 52.9 Å². The van der Waals surface area contributed by atoms with Gasteiger partial charge in [-0.25, -0.2) is 0 Å². The van der Waals surface area contributed by atoms with E-state index in [9.17, 15) is 0 Å². The Morgan fingerprint density at radius 2 is 1.18 bits per heavy atom. The zero-order valence-corrected chi connectivity index (χ0v) is 17.7. The van der Waals surface area contributed by atoms with E-state index in [0.29, 0.717) is 46.2 Å². The van der Waals surface area contributed by atoms with Crippen LogP contribution < -0.4 is 4.74 Å². The summed E-state index contributed by atoms with van der Waals surface area (Å²) in [5.41, 5.74) is 1.39. The molecule has 1 N–H and O–H groups in total. The van der Waals surface area contributed by atoms with Crippen LogP contribution in [0.3, 0.4) is 0 Å². The first-order chi connectivity index (χ1) is 13.9. The summed E-state index contributed by atoms with van der Waals surface area (Å²) in [4.78, 5) is 0. The second-order valence-corrected chi connectivity index (χ2v) is 6.92. The van der Waals surface area contributed by atoms with E-state index in [2.05, 4.69) is 19.1 Å². The van der Waals surface area contributed by atoms with Crippen molar-refractivity contribution in [3.8, 4) is 5.75 Å². The van der Waals surface area contributed by atoms with Crippen molar-refractivity contribution in [3.05, 3.63) is 29.8 Å². The molecule has 1 aromatic rings. The Morgan fingerprint density at radius 1 is 0.643 bits per heavy atom. The number of ether oxygens (including phenoxy) is 4. The lowest BCUT2D eigenvalue weighted by Crippen LogP contribution is -2.13. The third-order valence-corrected chi connectivity index (χ3v) is 4.47. The lowest BCUT2D eigenvalue weighted by atomic mass is 10.0. The van der Waals surface area contributed by atoms with Crippen LogP contribution in [-0.4, -0.2) is 58.0 Å². The molecule has 0 aliphatic carbocycles. The smallest absolute Gasteiger partial charge is 0.119 e. The van der Waals surface area contributed by atoms with E-state index in [0.717, 1.165) is 12.2 Å². The summed E-state index contributed by atoms with van der Waals surface area (Å²) in [7, 11) is 0. The van der Waals surface area contributed by atoms with Crippen molar-refractivity contribution in [2.24, 2.45) is 0 Å². The minimum Gasteiger partial charge on any atom is -0.491 e. The second-order valence-electron chi connectivity index (χ2n) is 6.92. The Morgan fingerprint density at radius 3 is 1.79 bits per heavy atom. The fraction of sp³-hybridized carbons (Fsp3) is 0.739. The van der Waals surface area contributed by atoms with Crippen molar-refractivity contribution in [1.29, 1.82) is 0 Å². The predicted octanol–water partition coefficient (Wildman–Crippen LogP) is 4.40. The molecule has 0 radical (unpaired) electrons. The molecular weight excluding hydrogens is 356 g/mol. The third-order valence-electron chi connectivity index (χ3n) is 4.47. The van der Waals surface area contributed by atoms with Crippen molar-refractivity contribution in [2.45, 2.75) is 58.3 Å². The molecule has 1 rings (SSSR count). The Kier molecular flexibility index (Phi) is 17.1. The fourth-order valence-electron chi connectivity index (χ4n) is 2.86. The zero-order chi connectivity index (χ0) is 20.1. The van der Waals surface area contributed by atoms with Crippen LogP contribution in [0.2, 0.25) is 0 Å². The van der Waals surface area contributed by atoms with E-state index in [-0.39, 0.29) is 6.61 Å². The highest BCUT2D eigenvalue weighted by molar-refractivity contribution is 5.27. The molecule has 0 amide bonds. The number of benzene rings is 1. The first-order valence-electron chi connectivity index (χ1n) is 10.9.